The number of carboxylic acid groups (broad SMARTS) is 1. The summed E-state index contributed by atoms with van der Waals surface area (Å²) in [6, 6.07) is 1.62. The molecule has 0 spiro atoms. The van der Waals surface area contributed by atoms with Crippen molar-refractivity contribution in [2.45, 2.75) is 13.8 Å². The Morgan fingerprint density at radius 2 is 2.17 bits per heavy atom. The van der Waals surface area contributed by atoms with Crippen LogP contribution in [-0.2, 0) is 0 Å². The zero-order chi connectivity index (χ0) is 13.5. The highest BCUT2D eigenvalue weighted by atomic mass is 79.9. The number of likely N-dealkylation sites (N-methyl/N-ethyl adjacent to an activating group) is 1. The van der Waals surface area contributed by atoms with E-state index in [2.05, 4.69) is 39.7 Å². The van der Waals surface area contributed by atoms with Gasteiger partial charge in [0.1, 0.15) is 6.61 Å². The standard InChI is InChI=1S/C12H17BrN2O3/c1-3-15(4-2)5-6-18-10-7-9(13)8-14-11(10)12(16)17/h7-8H,3-6H2,1-2H3,(H,16,17). The van der Waals surface area contributed by atoms with Crippen molar-refractivity contribution in [1.29, 1.82) is 0 Å². The summed E-state index contributed by atoms with van der Waals surface area (Å²) < 4.78 is 6.20. The van der Waals surface area contributed by atoms with Gasteiger partial charge in [0.05, 0.1) is 0 Å². The number of nitrogens with zero attached hydrogens (tertiary/aromatic N) is 2. The van der Waals surface area contributed by atoms with Crippen molar-refractivity contribution < 1.29 is 14.6 Å². The molecule has 0 unspecified atom stereocenters. The molecule has 0 fully saturated rings. The maximum Gasteiger partial charge on any atom is 0.358 e. The van der Waals surface area contributed by atoms with E-state index in [1.165, 1.54) is 6.20 Å². The number of aromatic carboxylic acids is 1. The van der Waals surface area contributed by atoms with Gasteiger partial charge in [-0.25, -0.2) is 9.78 Å². The first-order valence-electron chi connectivity index (χ1n) is 5.82. The highest BCUT2D eigenvalue weighted by Gasteiger charge is 2.13. The van der Waals surface area contributed by atoms with Gasteiger partial charge >= 0.3 is 5.97 Å². The number of halogens is 1. The van der Waals surface area contributed by atoms with Gasteiger partial charge in [0.25, 0.3) is 0 Å². The minimum atomic E-state index is -1.08. The molecule has 1 N–H and O–H groups in total. The van der Waals surface area contributed by atoms with Crippen LogP contribution in [0.5, 0.6) is 5.75 Å². The minimum Gasteiger partial charge on any atom is -0.490 e. The molecule has 1 heterocycles. The van der Waals surface area contributed by atoms with Crippen LogP contribution in [0.1, 0.15) is 24.3 Å². The van der Waals surface area contributed by atoms with E-state index in [4.69, 9.17) is 9.84 Å². The number of pyridine rings is 1. The Labute approximate surface area is 115 Å². The Morgan fingerprint density at radius 3 is 2.72 bits per heavy atom. The number of carboxylic acids is 1. The Bertz CT molecular complexity index is 408. The van der Waals surface area contributed by atoms with E-state index in [1.807, 2.05) is 0 Å². The molecule has 1 rings (SSSR count). The highest BCUT2D eigenvalue weighted by Crippen LogP contribution is 2.21. The molecule has 0 atom stereocenters. The van der Waals surface area contributed by atoms with Gasteiger partial charge in [-0.15, -0.1) is 0 Å². The van der Waals surface area contributed by atoms with Crippen LogP contribution in [0.25, 0.3) is 0 Å². The van der Waals surface area contributed by atoms with Crippen molar-refractivity contribution >= 4 is 21.9 Å². The van der Waals surface area contributed by atoms with Crippen molar-refractivity contribution in [3.05, 3.63) is 22.4 Å². The van der Waals surface area contributed by atoms with E-state index in [9.17, 15) is 4.79 Å². The third-order valence-electron chi connectivity index (χ3n) is 2.58. The summed E-state index contributed by atoms with van der Waals surface area (Å²) in [5.41, 5.74) is -0.0576. The molecule has 0 radical (unpaired) electrons. The Kier molecular flexibility index (Phi) is 6.07. The smallest absolute Gasteiger partial charge is 0.358 e. The average molecular weight is 317 g/mol. The zero-order valence-corrected chi connectivity index (χ0v) is 12.1. The molecule has 1 aromatic heterocycles. The topological polar surface area (TPSA) is 62.7 Å². The summed E-state index contributed by atoms with van der Waals surface area (Å²) in [6.07, 6.45) is 1.45. The summed E-state index contributed by atoms with van der Waals surface area (Å²) >= 11 is 3.25. The van der Waals surface area contributed by atoms with E-state index in [0.717, 1.165) is 19.6 Å². The van der Waals surface area contributed by atoms with E-state index < -0.39 is 5.97 Å². The second-order valence-electron chi connectivity index (χ2n) is 3.68. The maximum absolute atomic E-state index is 11.0. The van der Waals surface area contributed by atoms with Crippen molar-refractivity contribution in [2.75, 3.05) is 26.2 Å². The number of hydrogen-bond acceptors (Lipinski definition) is 4. The van der Waals surface area contributed by atoms with Gasteiger partial charge in [-0.2, -0.15) is 0 Å². The van der Waals surface area contributed by atoms with Crippen molar-refractivity contribution in [3.63, 3.8) is 0 Å². The fourth-order valence-electron chi connectivity index (χ4n) is 1.52. The number of aromatic nitrogens is 1. The fraction of sp³-hybridized carbons (Fsp3) is 0.500. The van der Waals surface area contributed by atoms with Crippen LogP contribution < -0.4 is 4.74 Å². The summed E-state index contributed by atoms with van der Waals surface area (Å²) in [4.78, 5) is 17.0. The lowest BCUT2D eigenvalue weighted by Crippen LogP contribution is -2.28. The van der Waals surface area contributed by atoms with E-state index in [0.29, 0.717) is 16.8 Å². The largest absolute Gasteiger partial charge is 0.490 e. The van der Waals surface area contributed by atoms with Crippen molar-refractivity contribution in [3.8, 4) is 5.75 Å². The van der Waals surface area contributed by atoms with Gasteiger partial charge in [-0.1, -0.05) is 13.8 Å². The van der Waals surface area contributed by atoms with E-state index in [1.54, 1.807) is 6.07 Å². The molecule has 0 saturated heterocycles. The molecule has 6 heteroatoms. The molecule has 0 aliphatic rings. The average Bonchev–Trinajstić information content (AvgIpc) is 2.34. The predicted molar refractivity (Wildman–Crippen MR) is 72.2 cm³/mol. The molecule has 0 aliphatic heterocycles. The SMILES string of the molecule is CCN(CC)CCOc1cc(Br)cnc1C(=O)O. The van der Waals surface area contributed by atoms with Crippen LogP contribution in [-0.4, -0.2) is 47.2 Å². The van der Waals surface area contributed by atoms with Crippen LogP contribution in [0.2, 0.25) is 0 Å². The summed E-state index contributed by atoms with van der Waals surface area (Å²) in [5, 5.41) is 8.99. The lowest BCUT2D eigenvalue weighted by atomic mass is 10.3. The predicted octanol–water partition coefficient (Wildman–Crippen LogP) is 2.26. The van der Waals surface area contributed by atoms with Crippen LogP contribution in [0, 0.1) is 0 Å². The number of rotatable bonds is 7. The number of hydrogen-bond donors (Lipinski definition) is 1. The molecule has 100 valence electrons. The van der Waals surface area contributed by atoms with Gasteiger partial charge in [0, 0.05) is 17.2 Å². The first-order valence-corrected chi connectivity index (χ1v) is 6.61. The molecule has 0 amide bonds. The number of ether oxygens (including phenoxy) is 1. The molecule has 5 nitrogen and oxygen atoms in total. The molecular formula is C12H17BrN2O3. The molecule has 0 saturated carbocycles. The first kappa shape index (κ1) is 14.9. The highest BCUT2D eigenvalue weighted by molar-refractivity contribution is 9.10. The van der Waals surface area contributed by atoms with Crippen LogP contribution >= 0.6 is 15.9 Å². The quantitative estimate of drug-likeness (QED) is 0.836. The van der Waals surface area contributed by atoms with Crippen molar-refractivity contribution in [2.24, 2.45) is 0 Å². The molecule has 0 aliphatic carbocycles. The second kappa shape index (κ2) is 7.33. The third-order valence-corrected chi connectivity index (χ3v) is 3.02. The number of carbonyl (C=O) groups is 1. The summed E-state index contributed by atoms with van der Waals surface area (Å²) in [5.74, 6) is -0.788. The zero-order valence-electron chi connectivity index (χ0n) is 10.5. The van der Waals surface area contributed by atoms with Crippen LogP contribution in [0.3, 0.4) is 0 Å². The summed E-state index contributed by atoms with van der Waals surface area (Å²) in [6.45, 7) is 7.25. The van der Waals surface area contributed by atoms with Gasteiger partial charge in [0.15, 0.2) is 11.4 Å². The molecule has 18 heavy (non-hydrogen) atoms. The normalized spacial score (nSPS) is 10.7. The fourth-order valence-corrected chi connectivity index (χ4v) is 1.83. The monoisotopic (exact) mass is 316 g/mol. The van der Waals surface area contributed by atoms with Crippen molar-refractivity contribution in [1.82, 2.24) is 9.88 Å². The molecule has 0 aromatic carbocycles. The van der Waals surface area contributed by atoms with Gasteiger partial charge in [-0.3, -0.25) is 0 Å². The van der Waals surface area contributed by atoms with Gasteiger partial charge in [0.2, 0.25) is 0 Å². The third kappa shape index (κ3) is 4.27. The molecule has 1 aromatic rings. The second-order valence-corrected chi connectivity index (χ2v) is 4.60. The lowest BCUT2D eigenvalue weighted by Gasteiger charge is -2.18. The van der Waals surface area contributed by atoms with Crippen LogP contribution in [0.15, 0.2) is 16.7 Å². The van der Waals surface area contributed by atoms with Crippen LogP contribution in [0.4, 0.5) is 0 Å². The molecular weight excluding hydrogens is 300 g/mol. The van der Waals surface area contributed by atoms with Gasteiger partial charge in [-0.05, 0) is 35.1 Å². The summed E-state index contributed by atoms with van der Waals surface area (Å²) in [7, 11) is 0. The lowest BCUT2D eigenvalue weighted by molar-refractivity contribution is 0.0684. The Morgan fingerprint density at radius 1 is 1.50 bits per heavy atom. The maximum atomic E-state index is 11.0. The van der Waals surface area contributed by atoms with E-state index in [-0.39, 0.29) is 5.69 Å². The van der Waals surface area contributed by atoms with E-state index >= 15 is 0 Å². The minimum absolute atomic E-state index is 0.0576. The van der Waals surface area contributed by atoms with Gasteiger partial charge < -0.3 is 14.7 Å². The Balaban J connectivity index is 2.66. The molecule has 0 bridgehead atoms. The first-order chi connectivity index (χ1) is 8.58. The Hall–Kier alpha value is -1.14.